The molecule has 0 saturated carbocycles. The second-order valence-corrected chi connectivity index (χ2v) is 3.91. The van der Waals surface area contributed by atoms with Crippen LogP contribution in [0.15, 0.2) is 24.5 Å². The van der Waals surface area contributed by atoms with Crippen LogP contribution in [0.5, 0.6) is 0 Å². The second-order valence-electron chi connectivity index (χ2n) is 3.91. The molecule has 16 heavy (non-hydrogen) atoms. The van der Waals surface area contributed by atoms with Crippen LogP contribution >= 0.6 is 0 Å². The van der Waals surface area contributed by atoms with Crippen molar-refractivity contribution >= 4 is 5.91 Å². The number of rotatable bonds is 5. The molecular formula is C12H19N3O. The number of carbonyl (C=O) groups excluding carboxylic acids is 1. The Morgan fingerprint density at radius 3 is 2.69 bits per heavy atom. The zero-order valence-corrected chi connectivity index (χ0v) is 9.81. The maximum Gasteiger partial charge on any atom is 0.237 e. The van der Waals surface area contributed by atoms with Crippen molar-refractivity contribution in [2.24, 2.45) is 5.73 Å². The third-order valence-electron chi connectivity index (χ3n) is 2.50. The Labute approximate surface area is 96.3 Å². The smallest absolute Gasteiger partial charge is 0.237 e. The number of amides is 1. The Morgan fingerprint density at radius 2 is 2.12 bits per heavy atom. The van der Waals surface area contributed by atoms with Gasteiger partial charge in [0, 0.05) is 12.4 Å². The van der Waals surface area contributed by atoms with Gasteiger partial charge in [0.25, 0.3) is 0 Å². The van der Waals surface area contributed by atoms with Crippen molar-refractivity contribution in [3.8, 4) is 0 Å². The first-order valence-corrected chi connectivity index (χ1v) is 5.61. The van der Waals surface area contributed by atoms with Gasteiger partial charge in [-0.15, -0.1) is 0 Å². The molecule has 0 aliphatic rings. The van der Waals surface area contributed by atoms with E-state index in [-0.39, 0.29) is 11.9 Å². The summed E-state index contributed by atoms with van der Waals surface area (Å²) < 4.78 is 0. The molecule has 0 fully saturated rings. The molecule has 1 amide bonds. The Balaban J connectivity index is 2.51. The van der Waals surface area contributed by atoms with Crippen molar-refractivity contribution in [1.82, 2.24) is 10.3 Å². The van der Waals surface area contributed by atoms with Gasteiger partial charge in [0.15, 0.2) is 0 Å². The summed E-state index contributed by atoms with van der Waals surface area (Å²) >= 11 is 0. The fourth-order valence-corrected chi connectivity index (χ4v) is 1.50. The molecule has 4 heteroatoms. The quantitative estimate of drug-likeness (QED) is 0.789. The van der Waals surface area contributed by atoms with Gasteiger partial charge in [-0.05, 0) is 31.0 Å². The Morgan fingerprint density at radius 1 is 1.50 bits per heavy atom. The van der Waals surface area contributed by atoms with Gasteiger partial charge in [-0.25, -0.2) is 0 Å². The number of hydrogen-bond donors (Lipinski definition) is 2. The normalized spacial score (nSPS) is 14.2. The first-order chi connectivity index (χ1) is 7.65. The summed E-state index contributed by atoms with van der Waals surface area (Å²) in [5.41, 5.74) is 6.76. The SMILES string of the molecule is CCC[C@H](N)C(=O)N[C@@H](C)c1ccncc1. The molecule has 0 aliphatic carbocycles. The number of carbonyl (C=O) groups is 1. The maximum atomic E-state index is 11.7. The standard InChI is InChI=1S/C12H19N3O/c1-3-4-11(13)12(16)15-9(2)10-5-7-14-8-6-10/h5-9,11H,3-4,13H2,1-2H3,(H,15,16)/t9-,11-/m0/s1. The Hall–Kier alpha value is -1.42. The summed E-state index contributed by atoms with van der Waals surface area (Å²) in [5, 5.41) is 2.89. The Bertz CT molecular complexity index is 326. The van der Waals surface area contributed by atoms with Crippen LogP contribution in [0.1, 0.15) is 38.3 Å². The number of nitrogens with one attached hydrogen (secondary N) is 1. The van der Waals surface area contributed by atoms with Gasteiger partial charge in [-0.1, -0.05) is 13.3 Å². The van der Waals surface area contributed by atoms with Crippen molar-refractivity contribution in [3.63, 3.8) is 0 Å². The zero-order chi connectivity index (χ0) is 12.0. The Kier molecular flexibility index (Phi) is 4.92. The van der Waals surface area contributed by atoms with Crippen molar-refractivity contribution in [3.05, 3.63) is 30.1 Å². The van der Waals surface area contributed by atoms with Gasteiger partial charge in [0.1, 0.15) is 0 Å². The predicted molar refractivity (Wildman–Crippen MR) is 63.7 cm³/mol. The lowest BCUT2D eigenvalue weighted by Gasteiger charge is -2.17. The molecular weight excluding hydrogens is 202 g/mol. The molecule has 1 rings (SSSR count). The highest BCUT2D eigenvalue weighted by atomic mass is 16.2. The van der Waals surface area contributed by atoms with Crippen LogP contribution in [0.4, 0.5) is 0 Å². The van der Waals surface area contributed by atoms with Gasteiger partial charge in [0.2, 0.25) is 5.91 Å². The van der Waals surface area contributed by atoms with E-state index >= 15 is 0 Å². The molecule has 4 nitrogen and oxygen atoms in total. The fraction of sp³-hybridized carbons (Fsp3) is 0.500. The maximum absolute atomic E-state index is 11.7. The lowest BCUT2D eigenvalue weighted by Crippen LogP contribution is -2.41. The summed E-state index contributed by atoms with van der Waals surface area (Å²) in [6.45, 7) is 3.95. The van der Waals surface area contributed by atoms with Crippen molar-refractivity contribution in [1.29, 1.82) is 0 Å². The van der Waals surface area contributed by atoms with Gasteiger partial charge >= 0.3 is 0 Å². The largest absolute Gasteiger partial charge is 0.348 e. The molecule has 0 aromatic carbocycles. The van der Waals surface area contributed by atoms with Crippen LogP contribution in [0.3, 0.4) is 0 Å². The van der Waals surface area contributed by atoms with E-state index in [2.05, 4.69) is 10.3 Å². The van der Waals surface area contributed by atoms with Crippen LogP contribution in [0.2, 0.25) is 0 Å². The summed E-state index contributed by atoms with van der Waals surface area (Å²) in [4.78, 5) is 15.6. The number of aromatic nitrogens is 1. The van der Waals surface area contributed by atoms with E-state index in [1.165, 1.54) is 0 Å². The molecule has 88 valence electrons. The van der Waals surface area contributed by atoms with E-state index in [0.717, 1.165) is 18.4 Å². The summed E-state index contributed by atoms with van der Waals surface area (Å²) in [7, 11) is 0. The van der Waals surface area contributed by atoms with E-state index in [9.17, 15) is 4.79 Å². The number of nitrogens with zero attached hydrogens (tertiary/aromatic N) is 1. The monoisotopic (exact) mass is 221 g/mol. The van der Waals surface area contributed by atoms with Crippen LogP contribution in [0, 0.1) is 0 Å². The fourth-order valence-electron chi connectivity index (χ4n) is 1.50. The minimum absolute atomic E-state index is 0.0293. The van der Waals surface area contributed by atoms with Crippen LogP contribution in [-0.4, -0.2) is 16.9 Å². The van der Waals surface area contributed by atoms with E-state index in [4.69, 9.17) is 5.73 Å². The number of nitrogens with two attached hydrogens (primary N) is 1. The van der Waals surface area contributed by atoms with Gasteiger partial charge < -0.3 is 11.1 Å². The first kappa shape index (κ1) is 12.6. The highest BCUT2D eigenvalue weighted by Crippen LogP contribution is 2.10. The second kappa shape index (κ2) is 6.23. The lowest BCUT2D eigenvalue weighted by atomic mass is 10.1. The highest BCUT2D eigenvalue weighted by molar-refractivity contribution is 5.81. The predicted octanol–water partition coefficient (Wildman–Crippen LogP) is 1.39. The molecule has 2 atom stereocenters. The van der Waals surface area contributed by atoms with Gasteiger partial charge in [0.05, 0.1) is 12.1 Å². The first-order valence-electron chi connectivity index (χ1n) is 5.61. The molecule has 1 aromatic heterocycles. The summed E-state index contributed by atoms with van der Waals surface area (Å²) in [5.74, 6) is -0.0915. The summed E-state index contributed by atoms with van der Waals surface area (Å²) in [6.07, 6.45) is 5.06. The topological polar surface area (TPSA) is 68.0 Å². The van der Waals surface area contributed by atoms with E-state index < -0.39 is 6.04 Å². The lowest BCUT2D eigenvalue weighted by molar-refractivity contribution is -0.123. The number of hydrogen-bond acceptors (Lipinski definition) is 3. The molecule has 0 aliphatic heterocycles. The molecule has 0 radical (unpaired) electrons. The minimum Gasteiger partial charge on any atom is -0.348 e. The van der Waals surface area contributed by atoms with Crippen LogP contribution in [0.25, 0.3) is 0 Å². The number of pyridine rings is 1. The van der Waals surface area contributed by atoms with E-state index in [1.54, 1.807) is 12.4 Å². The highest BCUT2D eigenvalue weighted by Gasteiger charge is 2.15. The average Bonchev–Trinajstić information content (AvgIpc) is 2.30. The molecule has 0 spiro atoms. The molecule has 0 bridgehead atoms. The van der Waals surface area contributed by atoms with Crippen molar-refractivity contribution < 1.29 is 4.79 Å². The molecule has 3 N–H and O–H groups in total. The van der Waals surface area contributed by atoms with Crippen molar-refractivity contribution in [2.45, 2.75) is 38.8 Å². The third kappa shape index (κ3) is 3.62. The summed E-state index contributed by atoms with van der Waals surface area (Å²) in [6, 6.07) is 3.33. The van der Waals surface area contributed by atoms with Gasteiger partial charge in [-0.2, -0.15) is 0 Å². The molecule has 0 saturated heterocycles. The van der Waals surface area contributed by atoms with Crippen molar-refractivity contribution in [2.75, 3.05) is 0 Å². The zero-order valence-electron chi connectivity index (χ0n) is 9.81. The molecule has 1 heterocycles. The molecule has 1 aromatic rings. The van der Waals surface area contributed by atoms with E-state index in [1.807, 2.05) is 26.0 Å². The average molecular weight is 221 g/mol. The van der Waals surface area contributed by atoms with Crippen LogP contribution in [-0.2, 0) is 4.79 Å². The minimum atomic E-state index is -0.408. The third-order valence-corrected chi connectivity index (χ3v) is 2.50. The van der Waals surface area contributed by atoms with Crippen LogP contribution < -0.4 is 11.1 Å². The van der Waals surface area contributed by atoms with E-state index in [0.29, 0.717) is 0 Å². The molecule has 0 unspecified atom stereocenters. The van der Waals surface area contributed by atoms with Gasteiger partial charge in [-0.3, -0.25) is 9.78 Å².